The average molecular weight is 954 g/mol. The van der Waals surface area contributed by atoms with Crippen molar-refractivity contribution in [2.75, 3.05) is 77.6 Å². The number of methoxy groups -OCH3 is 2. The van der Waals surface area contributed by atoms with Gasteiger partial charge in [0.1, 0.15) is 6.54 Å². The largest absolute Gasteiger partial charge is 0.481 e. The number of carboxylic acids is 1. The lowest BCUT2D eigenvalue weighted by Crippen LogP contribution is -2.33. The van der Waals surface area contributed by atoms with Gasteiger partial charge < -0.3 is 29.0 Å². The molecule has 0 spiro atoms. The third-order valence-electron chi connectivity index (χ3n) is 11.4. The molecule has 4 N–H and O–H groups in total. The van der Waals surface area contributed by atoms with Gasteiger partial charge in [0.15, 0.2) is 5.71 Å². The van der Waals surface area contributed by atoms with Crippen LogP contribution in [0.5, 0.6) is 0 Å². The standard InChI is InChI=1S/C44H60N2O15S3/c1-43(21-25-60-29-27-58-3)36-32-34(63(52,53)54)17-19-38(36)45(23-12-8-11-16-42(47)48)40(43)14-9-6-5-7-10-15-41-44(2,22-26-61-30-28-59-4)37-33-35(64(55,56)57)18-20-39(37)46(41)24-13-31-62(49,50)51/h5-7,9-10,14-15,17-20,32-33H,8,11-13,16,21-31H2,1-4H3,(H3-,47,48,49,50,51,52,53,54,55,56,57)/p+1. The number of rotatable bonds is 28. The molecule has 0 saturated carbocycles. The Morgan fingerprint density at radius 1 is 0.703 bits per heavy atom. The zero-order valence-corrected chi connectivity index (χ0v) is 39.2. The Bertz CT molecular complexity index is 2450. The molecule has 2 aliphatic heterocycles. The number of ether oxygens (including phenoxy) is 4. The van der Waals surface area contributed by atoms with E-state index in [9.17, 15) is 43.7 Å². The lowest BCUT2D eigenvalue weighted by atomic mass is 9.76. The fourth-order valence-corrected chi connectivity index (χ4v) is 9.55. The predicted molar refractivity (Wildman–Crippen MR) is 242 cm³/mol. The maximum atomic E-state index is 12.3. The molecule has 2 heterocycles. The summed E-state index contributed by atoms with van der Waals surface area (Å²) >= 11 is 0. The number of unbranched alkanes of at least 4 members (excludes halogenated alkanes) is 2. The van der Waals surface area contributed by atoms with Crippen molar-refractivity contribution in [1.82, 2.24) is 0 Å². The minimum absolute atomic E-state index is 0.0484. The summed E-state index contributed by atoms with van der Waals surface area (Å²) in [5.41, 5.74) is 2.55. The fraction of sp³-hybridized carbons (Fsp3) is 0.500. The van der Waals surface area contributed by atoms with Gasteiger partial charge in [0.2, 0.25) is 5.69 Å². The van der Waals surface area contributed by atoms with Crippen LogP contribution in [0.2, 0.25) is 0 Å². The molecule has 17 nitrogen and oxygen atoms in total. The molecule has 2 aromatic carbocycles. The molecule has 0 saturated heterocycles. The van der Waals surface area contributed by atoms with E-state index in [2.05, 4.69) is 4.90 Å². The van der Waals surface area contributed by atoms with Crippen LogP contribution in [0.3, 0.4) is 0 Å². The number of carbonyl (C=O) groups is 1. The predicted octanol–water partition coefficient (Wildman–Crippen LogP) is 5.90. The summed E-state index contributed by atoms with van der Waals surface area (Å²) in [5, 5.41) is 9.15. The molecule has 20 heteroatoms. The van der Waals surface area contributed by atoms with Gasteiger partial charge in [0.05, 0.1) is 47.4 Å². The Morgan fingerprint density at radius 2 is 1.28 bits per heavy atom. The van der Waals surface area contributed by atoms with E-state index in [-0.39, 0.29) is 35.8 Å². The summed E-state index contributed by atoms with van der Waals surface area (Å²) in [5.74, 6) is -1.37. The second-order valence-corrected chi connectivity index (χ2v) is 20.3. The first-order valence-electron chi connectivity index (χ1n) is 20.9. The van der Waals surface area contributed by atoms with Crippen LogP contribution < -0.4 is 4.90 Å². The Labute approximate surface area is 377 Å². The molecule has 354 valence electrons. The summed E-state index contributed by atoms with van der Waals surface area (Å²) in [6.45, 7) is 6.59. The van der Waals surface area contributed by atoms with Crippen molar-refractivity contribution in [3.05, 3.63) is 95.8 Å². The second kappa shape index (κ2) is 23.4. The molecular formula is C44H61N2O15S3+. The summed E-state index contributed by atoms with van der Waals surface area (Å²) in [6.07, 6.45) is 15.5. The highest BCUT2D eigenvalue weighted by molar-refractivity contribution is 7.86. The highest BCUT2D eigenvalue weighted by atomic mass is 32.2. The minimum Gasteiger partial charge on any atom is -0.481 e. The molecule has 2 unspecified atom stereocenters. The van der Waals surface area contributed by atoms with E-state index in [1.54, 1.807) is 44.6 Å². The van der Waals surface area contributed by atoms with Crippen LogP contribution >= 0.6 is 0 Å². The number of benzene rings is 2. The van der Waals surface area contributed by atoms with E-state index in [1.807, 2.05) is 42.7 Å². The van der Waals surface area contributed by atoms with E-state index < -0.39 is 52.9 Å². The van der Waals surface area contributed by atoms with E-state index in [0.29, 0.717) is 94.2 Å². The highest BCUT2D eigenvalue weighted by Gasteiger charge is 2.48. The first-order chi connectivity index (χ1) is 30.2. The number of allylic oxidation sites excluding steroid dienone is 8. The topological polar surface area (TPSA) is 244 Å². The Kier molecular flexibility index (Phi) is 19.2. The van der Waals surface area contributed by atoms with Crippen LogP contribution in [0, 0.1) is 0 Å². The van der Waals surface area contributed by atoms with Crippen molar-refractivity contribution in [2.24, 2.45) is 0 Å². The monoisotopic (exact) mass is 953 g/mol. The van der Waals surface area contributed by atoms with Gasteiger partial charge in [-0.25, -0.2) is 0 Å². The van der Waals surface area contributed by atoms with Crippen LogP contribution in [0.1, 0.15) is 69.9 Å². The number of carboxylic acid groups (broad SMARTS) is 1. The Morgan fingerprint density at radius 3 is 1.88 bits per heavy atom. The molecule has 0 aromatic heterocycles. The molecule has 64 heavy (non-hydrogen) atoms. The number of aliphatic carboxylic acids is 1. The Hall–Kier alpha value is -4.09. The van der Waals surface area contributed by atoms with E-state index >= 15 is 0 Å². The fourth-order valence-electron chi connectivity index (χ4n) is 8.05. The SMILES string of the molecule is COCCOCCC1(C)C(=CC=CC=CC=CC2=[N+](CCCS(=O)(=O)O)c3ccc(S(=O)(=O)O)cc3C2(C)CCOCCOC)N(CCCCCC(=O)O)c2ccc(S(=O)(=O)O)cc21. The lowest BCUT2D eigenvalue weighted by molar-refractivity contribution is -0.437. The van der Waals surface area contributed by atoms with Crippen molar-refractivity contribution in [3.63, 3.8) is 0 Å². The van der Waals surface area contributed by atoms with Crippen LogP contribution in [0.25, 0.3) is 0 Å². The molecule has 0 amide bonds. The van der Waals surface area contributed by atoms with Gasteiger partial charge >= 0.3 is 5.97 Å². The maximum Gasteiger partial charge on any atom is 0.303 e. The van der Waals surface area contributed by atoms with Crippen molar-refractivity contribution in [1.29, 1.82) is 0 Å². The van der Waals surface area contributed by atoms with Crippen molar-refractivity contribution >= 4 is 53.4 Å². The summed E-state index contributed by atoms with van der Waals surface area (Å²) < 4.78 is 126. The lowest BCUT2D eigenvalue weighted by Gasteiger charge is -2.30. The van der Waals surface area contributed by atoms with Gasteiger partial charge in [-0.3, -0.25) is 18.5 Å². The Balaban J connectivity index is 1.72. The van der Waals surface area contributed by atoms with Crippen LogP contribution in [0.15, 0.2) is 94.4 Å². The molecule has 0 aliphatic carbocycles. The second-order valence-electron chi connectivity index (χ2n) is 15.9. The van der Waals surface area contributed by atoms with Gasteiger partial charge in [-0.15, -0.1) is 0 Å². The molecule has 2 aliphatic rings. The summed E-state index contributed by atoms with van der Waals surface area (Å²) in [4.78, 5) is 12.7. The molecule has 4 rings (SSSR count). The smallest absolute Gasteiger partial charge is 0.303 e. The third kappa shape index (κ3) is 14.2. The van der Waals surface area contributed by atoms with Crippen molar-refractivity contribution in [2.45, 2.75) is 79.4 Å². The van der Waals surface area contributed by atoms with Crippen LogP contribution in [-0.4, -0.2) is 133 Å². The summed E-state index contributed by atoms with van der Waals surface area (Å²) in [7, 11) is -10.2. The number of hydrogen-bond donors (Lipinski definition) is 4. The zero-order valence-electron chi connectivity index (χ0n) is 36.7. The maximum absolute atomic E-state index is 12.3. The van der Waals surface area contributed by atoms with Crippen LogP contribution in [-0.2, 0) is 64.9 Å². The highest BCUT2D eigenvalue weighted by Crippen LogP contribution is 2.51. The first-order valence-corrected chi connectivity index (χ1v) is 25.4. The molecule has 0 bridgehead atoms. The van der Waals surface area contributed by atoms with Gasteiger partial charge in [0, 0.05) is 81.3 Å². The molecule has 2 aromatic rings. The van der Waals surface area contributed by atoms with Crippen LogP contribution in [0.4, 0.5) is 11.4 Å². The van der Waals surface area contributed by atoms with E-state index in [1.165, 1.54) is 24.3 Å². The van der Waals surface area contributed by atoms with Gasteiger partial charge in [-0.05, 0) is 81.5 Å². The third-order valence-corrected chi connectivity index (χ3v) is 13.9. The molecule has 0 radical (unpaired) electrons. The number of fused-ring (bicyclic) bond motifs is 2. The normalized spacial score (nSPS) is 19.9. The van der Waals surface area contributed by atoms with Gasteiger partial charge in [-0.1, -0.05) is 36.8 Å². The number of anilines is 1. The number of nitrogens with zero attached hydrogens (tertiary/aromatic N) is 2. The number of hydrogen-bond acceptors (Lipinski definition) is 12. The molecular weight excluding hydrogens is 893 g/mol. The van der Waals surface area contributed by atoms with Crippen molar-refractivity contribution in [3.8, 4) is 0 Å². The first kappa shape index (κ1) is 52.5. The molecule has 2 atom stereocenters. The average Bonchev–Trinajstić information content (AvgIpc) is 3.58. The zero-order chi connectivity index (χ0) is 47.2. The molecule has 0 fully saturated rings. The van der Waals surface area contributed by atoms with E-state index in [0.717, 1.165) is 11.4 Å². The van der Waals surface area contributed by atoms with Crippen molar-refractivity contribution < 1.29 is 72.3 Å². The minimum atomic E-state index is -4.56. The van der Waals surface area contributed by atoms with E-state index in [4.69, 9.17) is 24.1 Å². The van der Waals surface area contributed by atoms with Gasteiger partial charge in [-0.2, -0.15) is 29.8 Å². The van der Waals surface area contributed by atoms with Gasteiger partial charge in [0.25, 0.3) is 30.4 Å². The summed E-state index contributed by atoms with van der Waals surface area (Å²) in [6, 6.07) is 8.77. The quantitative estimate of drug-likeness (QED) is 0.0336.